The van der Waals surface area contributed by atoms with Gasteiger partial charge in [-0.15, -0.1) is 0 Å². The summed E-state index contributed by atoms with van der Waals surface area (Å²) >= 11 is 0. The highest BCUT2D eigenvalue weighted by Crippen LogP contribution is 2.23. The minimum Gasteiger partial charge on any atom is -0.478 e. The lowest BCUT2D eigenvalue weighted by Crippen LogP contribution is -2.60. The number of rotatable bonds is 8. The summed E-state index contributed by atoms with van der Waals surface area (Å²) in [5, 5.41) is 49.9. The van der Waals surface area contributed by atoms with Crippen LogP contribution >= 0.6 is 0 Å². The average molecular weight is 333 g/mol. The summed E-state index contributed by atoms with van der Waals surface area (Å²) in [5.41, 5.74) is 0. The van der Waals surface area contributed by atoms with Gasteiger partial charge >= 0.3 is 5.97 Å². The Balaban J connectivity index is 2.96. The molecule has 0 saturated carbocycles. The largest absolute Gasteiger partial charge is 0.478 e. The van der Waals surface area contributed by atoms with Crippen LogP contribution in [-0.2, 0) is 14.3 Å². The Bertz CT molecular complexity index is 452. The van der Waals surface area contributed by atoms with Crippen LogP contribution in [0.25, 0.3) is 0 Å². The molecular weight excluding hydrogens is 310 g/mol. The number of hydrogen-bond donors (Lipinski definition) is 6. The Morgan fingerprint density at radius 1 is 1.39 bits per heavy atom. The molecule has 1 heterocycles. The van der Waals surface area contributed by atoms with Gasteiger partial charge in [0.15, 0.2) is 6.10 Å². The van der Waals surface area contributed by atoms with E-state index in [4.69, 9.17) is 14.9 Å². The number of carboxylic acids is 1. The van der Waals surface area contributed by atoms with E-state index in [0.717, 1.165) is 12.5 Å². The van der Waals surface area contributed by atoms with E-state index in [1.54, 1.807) is 0 Å². The van der Waals surface area contributed by atoms with Crippen molar-refractivity contribution in [2.45, 2.75) is 56.6 Å². The average Bonchev–Trinajstić information content (AvgIpc) is 2.52. The smallest absolute Gasteiger partial charge is 0.370 e. The second-order valence-electron chi connectivity index (χ2n) is 5.35. The summed E-state index contributed by atoms with van der Waals surface area (Å²) in [4.78, 5) is 22.8. The van der Waals surface area contributed by atoms with E-state index >= 15 is 0 Å². The number of aliphatic hydroxyl groups excluding tert-OH is 4. The van der Waals surface area contributed by atoms with Crippen LogP contribution < -0.4 is 5.32 Å². The molecule has 9 nitrogen and oxygen atoms in total. The molecule has 5 atom stereocenters. The lowest BCUT2D eigenvalue weighted by molar-refractivity contribution is -0.149. The number of aliphatic hydroxyl groups is 4. The van der Waals surface area contributed by atoms with Gasteiger partial charge in [0.1, 0.15) is 18.3 Å². The molecule has 23 heavy (non-hydrogen) atoms. The molecule has 1 aliphatic rings. The first kappa shape index (κ1) is 19.4. The Labute approximate surface area is 133 Å². The van der Waals surface area contributed by atoms with Crippen molar-refractivity contribution in [3.8, 4) is 0 Å². The number of carbonyl (C=O) groups excluding carboxylic acids is 1. The molecule has 0 aromatic carbocycles. The van der Waals surface area contributed by atoms with Crippen molar-refractivity contribution in [3.63, 3.8) is 0 Å². The quantitative estimate of drug-likeness (QED) is 0.301. The summed E-state index contributed by atoms with van der Waals surface area (Å²) in [7, 11) is 0. The first-order valence-corrected chi connectivity index (χ1v) is 7.38. The molecule has 0 aromatic rings. The molecular formula is C14H23NO8. The molecule has 1 amide bonds. The normalized spacial score (nSPS) is 26.7. The third-order valence-electron chi connectivity index (χ3n) is 3.52. The van der Waals surface area contributed by atoms with Crippen molar-refractivity contribution in [2.24, 2.45) is 0 Å². The van der Waals surface area contributed by atoms with Gasteiger partial charge in [-0.1, -0.05) is 13.3 Å². The van der Waals surface area contributed by atoms with Gasteiger partial charge < -0.3 is 35.6 Å². The van der Waals surface area contributed by atoms with Gasteiger partial charge in [-0.25, -0.2) is 4.79 Å². The van der Waals surface area contributed by atoms with Crippen LogP contribution in [0.1, 0.15) is 26.2 Å². The van der Waals surface area contributed by atoms with Gasteiger partial charge in [0.2, 0.25) is 11.7 Å². The highest BCUT2D eigenvalue weighted by molar-refractivity contribution is 5.84. The van der Waals surface area contributed by atoms with E-state index in [2.05, 4.69) is 5.32 Å². The summed E-state index contributed by atoms with van der Waals surface area (Å²) in [6, 6.07) is -1.15. The number of hydrogen-bond acceptors (Lipinski definition) is 7. The number of ether oxygens (including phenoxy) is 1. The van der Waals surface area contributed by atoms with Crippen molar-refractivity contribution in [1.82, 2.24) is 5.32 Å². The van der Waals surface area contributed by atoms with Gasteiger partial charge in [0.05, 0.1) is 12.6 Å². The molecule has 1 rings (SSSR count). The van der Waals surface area contributed by atoms with Crippen LogP contribution in [0.15, 0.2) is 11.8 Å². The summed E-state index contributed by atoms with van der Waals surface area (Å²) < 4.78 is 5.09. The summed E-state index contributed by atoms with van der Waals surface area (Å²) in [5.74, 6) is -2.47. The first-order chi connectivity index (χ1) is 10.8. The highest BCUT2D eigenvalue weighted by atomic mass is 16.5. The summed E-state index contributed by atoms with van der Waals surface area (Å²) in [6.07, 6.45) is -3.65. The van der Waals surface area contributed by atoms with E-state index < -0.39 is 54.7 Å². The molecule has 0 aromatic heterocycles. The van der Waals surface area contributed by atoms with Crippen LogP contribution in [0.2, 0.25) is 0 Å². The number of aliphatic carboxylic acids is 1. The maximum Gasteiger partial charge on any atom is 0.370 e. The zero-order valence-electron chi connectivity index (χ0n) is 12.8. The lowest BCUT2D eigenvalue weighted by atomic mass is 9.93. The minimum atomic E-state index is -1.70. The molecule has 0 saturated heterocycles. The molecule has 0 bridgehead atoms. The predicted molar refractivity (Wildman–Crippen MR) is 77.2 cm³/mol. The molecule has 0 spiro atoms. The topological polar surface area (TPSA) is 157 Å². The van der Waals surface area contributed by atoms with Crippen molar-refractivity contribution in [2.75, 3.05) is 6.61 Å². The van der Waals surface area contributed by atoms with Gasteiger partial charge in [0, 0.05) is 6.42 Å². The molecule has 9 heteroatoms. The van der Waals surface area contributed by atoms with Crippen molar-refractivity contribution in [1.29, 1.82) is 0 Å². The lowest BCUT2D eigenvalue weighted by Gasteiger charge is -2.38. The Morgan fingerprint density at radius 2 is 2.04 bits per heavy atom. The highest BCUT2D eigenvalue weighted by Gasteiger charge is 2.43. The SMILES string of the molecule is CCCCC(=O)N[C@@H]1C(O)C=C(C(=O)O)OC1C(O)C(O)CO. The zero-order valence-corrected chi connectivity index (χ0v) is 12.8. The third-order valence-corrected chi connectivity index (χ3v) is 3.52. The van der Waals surface area contributed by atoms with Crippen molar-refractivity contribution >= 4 is 11.9 Å². The van der Waals surface area contributed by atoms with Crippen molar-refractivity contribution < 1.29 is 39.9 Å². The second-order valence-corrected chi connectivity index (χ2v) is 5.35. The van der Waals surface area contributed by atoms with Crippen LogP contribution in [0.3, 0.4) is 0 Å². The third kappa shape index (κ3) is 5.17. The molecule has 0 fully saturated rings. The van der Waals surface area contributed by atoms with Gasteiger partial charge in [-0.2, -0.15) is 0 Å². The van der Waals surface area contributed by atoms with Crippen LogP contribution in [-0.4, -0.2) is 74.5 Å². The molecule has 0 radical (unpaired) electrons. The van der Waals surface area contributed by atoms with Crippen LogP contribution in [0, 0.1) is 0 Å². The van der Waals surface area contributed by atoms with Crippen LogP contribution in [0.5, 0.6) is 0 Å². The van der Waals surface area contributed by atoms with E-state index in [9.17, 15) is 24.9 Å². The monoisotopic (exact) mass is 333 g/mol. The number of carbonyl (C=O) groups is 2. The van der Waals surface area contributed by atoms with Gasteiger partial charge in [0.25, 0.3) is 0 Å². The fraction of sp³-hybridized carbons (Fsp3) is 0.714. The Morgan fingerprint density at radius 3 is 2.57 bits per heavy atom. The van der Waals surface area contributed by atoms with Gasteiger partial charge in [-0.05, 0) is 12.5 Å². The molecule has 0 aliphatic carbocycles. The zero-order chi connectivity index (χ0) is 17.6. The minimum absolute atomic E-state index is 0.195. The number of carboxylic acid groups (broad SMARTS) is 1. The van der Waals surface area contributed by atoms with E-state index in [0.29, 0.717) is 6.42 Å². The fourth-order valence-electron chi connectivity index (χ4n) is 2.21. The Kier molecular flexibility index (Phi) is 7.43. The second kappa shape index (κ2) is 8.82. The standard InChI is InChI=1S/C14H23NO8/c1-2-3-4-10(19)15-11-7(17)5-9(14(21)22)23-13(11)12(20)8(18)6-16/h5,7-8,11-13,16-18,20H,2-4,6H2,1H3,(H,15,19)(H,21,22)/t7?,8?,11-,12?,13?/m1/s1. The molecule has 132 valence electrons. The van der Waals surface area contributed by atoms with Gasteiger partial charge in [-0.3, -0.25) is 4.79 Å². The van der Waals surface area contributed by atoms with Crippen molar-refractivity contribution in [3.05, 3.63) is 11.8 Å². The van der Waals surface area contributed by atoms with E-state index in [-0.39, 0.29) is 6.42 Å². The maximum atomic E-state index is 11.8. The number of unbranched alkanes of at least 4 members (excludes halogenated alkanes) is 1. The number of amides is 1. The molecule has 1 aliphatic heterocycles. The first-order valence-electron chi connectivity index (χ1n) is 7.38. The molecule has 4 unspecified atom stereocenters. The van der Waals surface area contributed by atoms with E-state index in [1.807, 2.05) is 6.92 Å². The molecule has 6 N–H and O–H groups in total. The van der Waals surface area contributed by atoms with E-state index in [1.165, 1.54) is 0 Å². The maximum absolute atomic E-state index is 11.8. The predicted octanol–water partition coefficient (Wildman–Crippen LogP) is -1.90. The van der Waals surface area contributed by atoms with Crippen LogP contribution in [0.4, 0.5) is 0 Å². The fourth-order valence-corrected chi connectivity index (χ4v) is 2.21. The number of nitrogens with one attached hydrogen (secondary N) is 1. The Hall–Kier alpha value is -1.68. The summed E-state index contributed by atoms with van der Waals surface area (Å²) in [6.45, 7) is 1.11.